The molecule has 110 valence electrons. The summed E-state index contributed by atoms with van der Waals surface area (Å²) < 4.78 is 13.5. The van der Waals surface area contributed by atoms with Crippen LogP contribution in [-0.4, -0.2) is 26.5 Å². The van der Waals surface area contributed by atoms with E-state index in [1.165, 1.54) is 12.1 Å². The van der Waals surface area contributed by atoms with Gasteiger partial charge < -0.3 is 5.11 Å². The molecular weight excluding hydrogens is 309 g/mol. The first kappa shape index (κ1) is 14.2. The number of carbonyl (C=O) groups is 1. The lowest BCUT2D eigenvalue weighted by Gasteiger charge is -2.04. The van der Waals surface area contributed by atoms with Crippen LogP contribution in [0.1, 0.15) is 10.5 Å². The van der Waals surface area contributed by atoms with Crippen LogP contribution in [0.5, 0.6) is 0 Å². The molecule has 0 aliphatic carbocycles. The van der Waals surface area contributed by atoms with E-state index < -0.39 is 11.8 Å². The van der Waals surface area contributed by atoms with Crippen molar-refractivity contribution in [2.24, 2.45) is 0 Å². The molecule has 0 bridgehead atoms. The number of rotatable bonds is 3. The van der Waals surface area contributed by atoms with E-state index >= 15 is 0 Å². The quantitative estimate of drug-likeness (QED) is 0.773. The molecular formula is C15H9ClFN3O2. The Balaban J connectivity index is 1.97. The van der Waals surface area contributed by atoms with Crippen LogP contribution in [0.3, 0.4) is 0 Å². The summed E-state index contributed by atoms with van der Waals surface area (Å²) in [5.41, 5.74) is 2.22. The smallest absolute Gasteiger partial charge is 0.356 e. The summed E-state index contributed by atoms with van der Waals surface area (Å²) in [5, 5.41) is 18.7. The maximum Gasteiger partial charge on any atom is 0.356 e. The number of hydrogen-bond acceptors (Lipinski definition) is 3. The lowest BCUT2D eigenvalue weighted by atomic mass is 10.0. The van der Waals surface area contributed by atoms with E-state index in [1.54, 1.807) is 30.3 Å². The van der Waals surface area contributed by atoms with Gasteiger partial charge >= 0.3 is 5.97 Å². The first-order valence-corrected chi connectivity index (χ1v) is 6.64. The van der Waals surface area contributed by atoms with Gasteiger partial charge in [-0.25, -0.2) is 9.18 Å². The van der Waals surface area contributed by atoms with Crippen molar-refractivity contribution >= 4 is 17.6 Å². The molecule has 0 aliphatic rings. The van der Waals surface area contributed by atoms with Gasteiger partial charge in [0.2, 0.25) is 0 Å². The molecule has 3 rings (SSSR count). The highest BCUT2D eigenvalue weighted by Crippen LogP contribution is 2.27. The summed E-state index contributed by atoms with van der Waals surface area (Å²) in [6.45, 7) is 0. The predicted octanol–water partition coefficient (Wildman–Crippen LogP) is 3.63. The van der Waals surface area contributed by atoms with Crippen molar-refractivity contribution in [3.63, 3.8) is 0 Å². The Hall–Kier alpha value is -2.73. The molecule has 0 atom stereocenters. The van der Waals surface area contributed by atoms with Gasteiger partial charge in [-0.15, -0.1) is 5.10 Å². The number of nitrogens with zero attached hydrogens (tertiary/aromatic N) is 2. The molecule has 3 aromatic rings. The lowest BCUT2D eigenvalue weighted by Crippen LogP contribution is -1.99. The summed E-state index contributed by atoms with van der Waals surface area (Å²) in [4.78, 5) is 11.0. The topological polar surface area (TPSA) is 78.9 Å². The number of carboxylic acid groups (broad SMARTS) is 1. The number of H-pyrrole nitrogens is 1. The second-order valence-corrected chi connectivity index (χ2v) is 4.95. The Bertz CT molecular complexity index is 846. The average Bonchev–Trinajstić information content (AvgIpc) is 3.00. The van der Waals surface area contributed by atoms with Crippen LogP contribution in [0, 0.1) is 5.82 Å². The molecule has 0 saturated heterocycles. The Kier molecular flexibility index (Phi) is 3.60. The molecule has 1 heterocycles. The minimum absolute atomic E-state index is 0.0640. The van der Waals surface area contributed by atoms with Crippen LogP contribution >= 0.6 is 11.6 Å². The molecule has 1 aromatic heterocycles. The number of nitrogens with one attached hydrogen (secondary N) is 1. The number of aromatic carboxylic acids is 1. The number of hydrogen-bond donors (Lipinski definition) is 2. The van der Waals surface area contributed by atoms with E-state index in [9.17, 15) is 9.18 Å². The van der Waals surface area contributed by atoms with Gasteiger partial charge in [0.1, 0.15) is 11.5 Å². The molecule has 0 radical (unpaired) electrons. The molecule has 5 nitrogen and oxygen atoms in total. The summed E-state index contributed by atoms with van der Waals surface area (Å²) >= 11 is 5.66. The Labute approximate surface area is 129 Å². The molecule has 2 aromatic carbocycles. The minimum atomic E-state index is -1.14. The Morgan fingerprint density at radius 3 is 2.36 bits per heavy atom. The maximum absolute atomic E-state index is 13.5. The van der Waals surface area contributed by atoms with Crippen LogP contribution in [0.4, 0.5) is 4.39 Å². The van der Waals surface area contributed by atoms with E-state index in [0.717, 1.165) is 5.56 Å². The van der Waals surface area contributed by atoms with Crippen molar-refractivity contribution in [2.75, 3.05) is 0 Å². The largest absolute Gasteiger partial charge is 0.476 e. The normalized spacial score (nSPS) is 10.6. The van der Waals surface area contributed by atoms with Gasteiger partial charge in [0, 0.05) is 5.56 Å². The van der Waals surface area contributed by atoms with Crippen LogP contribution in [0.25, 0.3) is 22.4 Å². The van der Waals surface area contributed by atoms with Crippen molar-refractivity contribution in [1.82, 2.24) is 15.4 Å². The monoisotopic (exact) mass is 317 g/mol. The zero-order valence-electron chi connectivity index (χ0n) is 11.0. The van der Waals surface area contributed by atoms with E-state index in [1.807, 2.05) is 0 Å². The molecule has 0 amide bonds. The van der Waals surface area contributed by atoms with Crippen LogP contribution in [0.2, 0.25) is 5.02 Å². The lowest BCUT2D eigenvalue weighted by molar-refractivity contribution is 0.0691. The van der Waals surface area contributed by atoms with Crippen LogP contribution in [0.15, 0.2) is 42.5 Å². The molecule has 0 unspecified atom stereocenters. The van der Waals surface area contributed by atoms with Gasteiger partial charge in [0.25, 0.3) is 0 Å². The second kappa shape index (κ2) is 5.57. The van der Waals surface area contributed by atoms with Crippen LogP contribution < -0.4 is 0 Å². The van der Waals surface area contributed by atoms with Gasteiger partial charge in [-0.3, -0.25) is 5.10 Å². The average molecular weight is 318 g/mol. The summed E-state index contributed by atoms with van der Waals surface area (Å²) in [5.74, 6) is -1.63. The number of benzene rings is 2. The highest BCUT2D eigenvalue weighted by molar-refractivity contribution is 6.30. The standard InChI is InChI=1S/C15H9ClFN3O2/c16-11-6-5-10(7-12(11)17)8-1-3-9(4-2-8)13-14(15(21)22)19-20-18-13/h1-7H,(H,21,22)(H,18,19,20). The van der Waals surface area contributed by atoms with Gasteiger partial charge in [0.05, 0.1) is 5.02 Å². The molecule has 2 N–H and O–H groups in total. The fourth-order valence-electron chi connectivity index (χ4n) is 2.08. The number of aromatic amines is 1. The third kappa shape index (κ3) is 2.56. The minimum Gasteiger partial charge on any atom is -0.476 e. The van der Waals surface area contributed by atoms with E-state index in [-0.39, 0.29) is 16.4 Å². The highest BCUT2D eigenvalue weighted by Gasteiger charge is 2.16. The molecule has 0 spiro atoms. The SMILES string of the molecule is O=C(O)c1[nH]nnc1-c1ccc(-c2ccc(Cl)c(F)c2)cc1. The first-order chi connectivity index (χ1) is 10.6. The summed E-state index contributed by atoms with van der Waals surface area (Å²) in [6.07, 6.45) is 0. The van der Waals surface area contributed by atoms with Crippen molar-refractivity contribution < 1.29 is 14.3 Å². The van der Waals surface area contributed by atoms with Gasteiger partial charge in [-0.05, 0) is 23.3 Å². The fraction of sp³-hybridized carbons (Fsp3) is 0. The zero-order chi connectivity index (χ0) is 15.7. The van der Waals surface area contributed by atoms with E-state index in [0.29, 0.717) is 11.1 Å². The van der Waals surface area contributed by atoms with Crippen molar-refractivity contribution in [2.45, 2.75) is 0 Å². The van der Waals surface area contributed by atoms with E-state index in [4.69, 9.17) is 16.7 Å². The highest BCUT2D eigenvalue weighted by atomic mass is 35.5. The molecule has 0 fully saturated rings. The van der Waals surface area contributed by atoms with Crippen LogP contribution in [-0.2, 0) is 0 Å². The number of aromatic nitrogens is 3. The molecule has 0 saturated carbocycles. The number of halogens is 2. The van der Waals surface area contributed by atoms with Gasteiger partial charge in [-0.1, -0.05) is 47.1 Å². The van der Waals surface area contributed by atoms with Crippen molar-refractivity contribution in [3.8, 4) is 22.4 Å². The third-order valence-corrected chi connectivity index (χ3v) is 3.48. The van der Waals surface area contributed by atoms with Gasteiger partial charge in [-0.2, -0.15) is 0 Å². The molecule has 7 heteroatoms. The summed E-state index contributed by atoms with van der Waals surface area (Å²) in [7, 11) is 0. The molecule has 22 heavy (non-hydrogen) atoms. The van der Waals surface area contributed by atoms with Gasteiger partial charge in [0.15, 0.2) is 5.69 Å². The fourth-order valence-corrected chi connectivity index (χ4v) is 2.19. The third-order valence-electron chi connectivity index (χ3n) is 3.17. The Morgan fingerprint density at radius 1 is 1.09 bits per heavy atom. The molecule has 0 aliphatic heterocycles. The van der Waals surface area contributed by atoms with Crippen molar-refractivity contribution in [1.29, 1.82) is 0 Å². The second-order valence-electron chi connectivity index (χ2n) is 4.55. The van der Waals surface area contributed by atoms with Crippen molar-refractivity contribution in [3.05, 3.63) is 59.0 Å². The van der Waals surface area contributed by atoms with E-state index in [2.05, 4.69) is 15.4 Å². The number of carboxylic acids is 1. The maximum atomic E-state index is 13.5. The zero-order valence-corrected chi connectivity index (χ0v) is 11.8. The Morgan fingerprint density at radius 2 is 1.73 bits per heavy atom. The summed E-state index contributed by atoms with van der Waals surface area (Å²) in [6, 6.07) is 11.4. The predicted molar refractivity (Wildman–Crippen MR) is 79.2 cm³/mol. The first-order valence-electron chi connectivity index (χ1n) is 6.26.